The summed E-state index contributed by atoms with van der Waals surface area (Å²) in [6.07, 6.45) is 7.32. The summed E-state index contributed by atoms with van der Waals surface area (Å²) in [5.74, 6) is 1.83. The van der Waals surface area contributed by atoms with Gasteiger partial charge in [0, 0.05) is 0 Å². The van der Waals surface area contributed by atoms with Crippen LogP contribution in [0, 0.1) is 22.7 Å². The lowest BCUT2D eigenvalue weighted by Crippen LogP contribution is -1.99. The zero-order valence-electron chi connectivity index (χ0n) is 15.8. The Morgan fingerprint density at radius 1 is 0.821 bits per heavy atom. The van der Waals surface area contributed by atoms with E-state index in [1.807, 2.05) is 24.3 Å². The molecule has 0 aliphatic heterocycles. The van der Waals surface area contributed by atoms with Crippen LogP contribution in [-0.2, 0) is 0 Å². The molecule has 0 aliphatic rings. The van der Waals surface area contributed by atoms with Gasteiger partial charge in [0.2, 0.25) is 0 Å². The summed E-state index contributed by atoms with van der Waals surface area (Å²) in [5.41, 5.74) is 0.614. The predicted molar refractivity (Wildman–Crippen MR) is 117 cm³/mol. The molecule has 6 heteroatoms. The van der Waals surface area contributed by atoms with Crippen LogP contribution in [0.25, 0.3) is 0 Å². The predicted octanol–water partition coefficient (Wildman–Crippen LogP) is 7.49. The third kappa shape index (κ3) is 6.55. The third-order valence-electron chi connectivity index (χ3n) is 4.20. The van der Waals surface area contributed by atoms with Crippen molar-refractivity contribution in [2.45, 2.75) is 45.4 Å². The minimum absolute atomic E-state index is 0.286. The van der Waals surface area contributed by atoms with Gasteiger partial charge in [0.1, 0.15) is 29.4 Å². The first-order valence-corrected chi connectivity index (χ1v) is 10.9. The highest BCUT2D eigenvalue weighted by Gasteiger charge is 2.11. The Hall–Kier alpha value is -2.02. The zero-order chi connectivity index (χ0) is 20.4. The van der Waals surface area contributed by atoms with Crippen molar-refractivity contribution in [2.75, 3.05) is 6.61 Å². The van der Waals surface area contributed by atoms with Gasteiger partial charge in [0.15, 0.2) is 0 Å². The van der Waals surface area contributed by atoms with Gasteiger partial charge in [-0.2, -0.15) is 10.5 Å². The molecule has 0 amide bonds. The van der Waals surface area contributed by atoms with Gasteiger partial charge in [-0.1, -0.05) is 39.0 Å². The Morgan fingerprint density at radius 3 is 2.18 bits per heavy atom. The van der Waals surface area contributed by atoms with Gasteiger partial charge in [0.25, 0.3) is 0 Å². The quantitative estimate of drug-likeness (QED) is 0.314. The summed E-state index contributed by atoms with van der Waals surface area (Å²) in [7, 11) is 0. The first kappa shape index (κ1) is 22.3. The van der Waals surface area contributed by atoms with E-state index in [1.165, 1.54) is 32.1 Å². The van der Waals surface area contributed by atoms with Gasteiger partial charge in [-0.05, 0) is 68.6 Å². The molecule has 2 aromatic carbocycles. The second-order valence-electron chi connectivity index (χ2n) is 6.36. The molecule has 0 aromatic heterocycles. The fraction of sp³-hybridized carbons (Fsp3) is 0.364. The van der Waals surface area contributed by atoms with E-state index in [4.69, 9.17) is 20.0 Å². The second-order valence-corrected chi connectivity index (χ2v) is 8.07. The minimum Gasteiger partial charge on any atom is -0.492 e. The van der Waals surface area contributed by atoms with E-state index in [0.29, 0.717) is 23.7 Å². The summed E-state index contributed by atoms with van der Waals surface area (Å²) < 4.78 is 13.3. The smallest absolute Gasteiger partial charge is 0.143 e. The fourth-order valence-electron chi connectivity index (χ4n) is 2.67. The van der Waals surface area contributed by atoms with Gasteiger partial charge in [-0.15, -0.1) is 0 Å². The van der Waals surface area contributed by atoms with Gasteiger partial charge in [-0.3, -0.25) is 0 Å². The molecule has 0 atom stereocenters. The van der Waals surface area contributed by atoms with E-state index in [0.717, 1.165) is 21.1 Å². The molecule has 0 bridgehead atoms. The van der Waals surface area contributed by atoms with Gasteiger partial charge in [0.05, 0.1) is 26.7 Å². The first-order valence-electron chi connectivity index (χ1n) is 9.33. The number of nitrogens with zero attached hydrogens (tertiary/aromatic N) is 2. The Balaban J connectivity index is 1.98. The lowest BCUT2D eigenvalue weighted by Gasteiger charge is -2.13. The molecule has 0 radical (unpaired) electrons. The van der Waals surface area contributed by atoms with Crippen molar-refractivity contribution in [3.63, 3.8) is 0 Å². The van der Waals surface area contributed by atoms with Gasteiger partial charge in [-0.25, -0.2) is 0 Å². The molecule has 0 fully saturated rings. The summed E-state index contributed by atoms with van der Waals surface area (Å²) in [6, 6.07) is 12.5. The largest absolute Gasteiger partial charge is 0.492 e. The lowest BCUT2D eigenvalue weighted by atomic mass is 10.1. The van der Waals surface area contributed by atoms with Gasteiger partial charge < -0.3 is 9.47 Å². The number of nitriles is 2. The standard InChI is InChI=1S/C22H22Br2N2O2/c1-2-3-4-5-6-7-10-27-21-12-20(24)22(13-19(21)23)28-18-9-8-16(14-25)17(11-18)15-26/h8-9,11-13H,2-7,10H2,1H3. The van der Waals surface area contributed by atoms with Crippen LogP contribution < -0.4 is 9.47 Å². The second kappa shape index (κ2) is 11.7. The molecule has 0 spiro atoms. The fourth-order valence-corrected chi connectivity index (χ4v) is 3.51. The molecule has 2 aromatic rings. The number of rotatable bonds is 10. The highest BCUT2D eigenvalue weighted by Crippen LogP contribution is 2.38. The summed E-state index contributed by atoms with van der Waals surface area (Å²) in [6.45, 7) is 2.90. The molecule has 28 heavy (non-hydrogen) atoms. The number of ether oxygens (including phenoxy) is 2. The average Bonchev–Trinajstić information content (AvgIpc) is 2.70. The van der Waals surface area contributed by atoms with Crippen molar-refractivity contribution >= 4 is 31.9 Å². The Kier molecular flexibility index (Phi) is 9.34. The van der Waals surface area contributed by atoms with Crippen LogP contribution in [0.4, 0.5) is 0 Å². The molecule has 0 saturated carbocycles. The van der Waals surface area contributed by atoms with Crippen LogP contribution in [0.1, 0.15) is 56.6 Å². The normalized spacial score (nSPS) is 10.2. The Bertz CT molecular complexity index is 885. The van der Waals surface area contributed by atoms with E-state index in [1.54, 1.807) is 18.2 Å². The zero-order valence-corrected chi connectivity index (χ0v) is 19.0. The molecule has 0 aliphatic carbocycles. The maximum atomic E-state index is 9.15. The van der Waals surface area contributed by atoms with E-state index in [2.05, 4.69) is 38.8 Å². The van der Waals surface area contributed by atoms with Crippen molar-refractivity contribution in [3.05, 3.63) is 50.4 Å². The number of hydrogen-bond acceptors (Lipinski definition) is 4. The molecule has 0 saturated heterocycles. The monoisotopic (exact) mass is 504 g/mol. The highest BCUT2D eigenvalue weighted by molar-refractivity contribution is 9.11. The van der Waals surface area contributed by atoms with Crippen molar-refractivity contribution < 1.29 is 9.47 Å². The van der Waals surface area contributed by atoms with Gasteiger partial charge >= 0.3 is 0 Å². The van der Waals surface area contributed by atoms with E-state index < -0.39 is 0 Å². The topological polar surface area (TPSA) is 66.0 Å². The maximum absolute atomic E-state index is 9.15. The number of halogens is 2. The van der Waals surface area contributed by atoms with Crippen LogP contribution in [0.5, 0.6) is 17.2 Å². The molecule has 0 unspecified atom stereocenters. The number of benzene rings is 2. The molecule has 0 N–H and O–H groups in total. The minimum atomic E-state index is 0.286. The third-order valence-corrected chi connectivity index (χ3v) is 5.44. The van der Waals surface area contributed by atoms with Crippen molar-refractivity contribution in [3.8, 4) is 29.4 Å². The van der Waals surface area contributed by atoms with Crippen LogP contribution in [0.3, 0.4) is 0 Å². The average molecular weight is 506 g/mol. The van der Waals surface area contributed by atoms with E-state index in [9.17, 15) is 0 Å². The Morgan fingerprint density at radius 2 is 1.46 bits per heavy atom. The number of unbranched alkanes of at least 4 members (excludes halogenated alkanes) is 5. The molecular weight excluding hydrogens is 484 g/mol. The molecule has 4 nitrogen and oxygen atoms in total. The Labute approximate surface area is 183 Å². The highest BCUT2D eigenvalue weighted by atomic mass is 79.9. The summed E-state index contributed by atoms with van der Waals surface area (Å²) >= 11 is 7.04. The summed E-state index contributed by atoms with van der Waals surface area (Å²) in [4.78, 5) is 0. The lowest BCUT2D eigenvalue weighted by molar-refractivity contribution is 0.302. The van der Waals surface area contributed by atoms with Crippen LogP contribution >= 0.6 is 31.9 Å². The molecule has 2 rings (SSSR count). The number of hydrogen-bond donors (Lipinski definition) is 0. The maximum Gasteiger partial charge on any atom is 0.143 e. The summed E-state index contributed by atoms with van der Waals surface area (Å²) in [5, 5.41) is 18.2. The van der Waals surface area contributed by atoms with Crippen molar-refractivity contribution in [2.24, 2.45) is 0 Å². The molecule has 146 valence electrons. The van der Waals surface area contributed by atoms with E-state index >= 15 is 0 Å². The van der Waals surface area contributed by atoms with Crippen LogP contribution in [0.2, 0.25) is 0 Å². The SMILES string of the molecule is CCCCCCCCOc1cc(Br)c(Oc2ccc(C#N)c(C#N)c2)cc1Br. The molecular formula is C22H22Br2N2O2. The van der Waals surface area contributed by atoms with E-state index in [-0.39, 0.29) is 5.56 Å². The van der Waals surface area contributed by atoms with Crippen LogP contribution in [-0.4, -0.2) is 6.61 Å². The molecule has 0 heterocycles. The first-order chi connectivity index (χ1) is 13.6. The van der Waals surface area contributed by atoms with Crippen molar-refractivity contribution in [1.82, 2.24) is 0 Å². The van der Waals surface area contributed by atoms with Crippen LogP contribution in [0.15, 0.2) is 39.3 Å². The van der Waals surface area contributed by atoms with Crippen molar-refractivity contribution in [1.29, 1.82) is 10.5 Å².